The number of likely N-dealkylation sites (N-methyl/N-ethyl adjacent to an activating group) is 1. The fourth-order valence-corrected chi connectivity index (χ4v) is 3.50. The van der Waals surface area contributed by atoms with Crippen molar-refractivity contribution in [1.82, 2.24) is 20.1 Å². The third-order valence-corrected chi connectivity index (χ3v) is 5.22. The van der Waals surface area contributed by atoms with Gasteiger partial charge in [-0.15, -0.1) is 0 Å². The van der Waals surface area contributed by atoms with Crippen LogP contribution in [-0.2, 0) is 11.2 Å². The van der Waals surface area contributed by atoms with Crippen molar-refractivity contribution in [3.63, 3.8) is 0 Å². The molecule has 1 aromatic carbocycles. The third-order valence-electron chi connectivity index (χ3n) is 5.22. The Labute approximate surface area is 205 Å². The van der Waals surface area contributed by atoms with Crippen molar-refractivity contribution < 1.29 is 28.2 Å². The Morgan fingerprint density at radius 1 is 1.33 bits per heavy atom. The highest BCUT2D eigenvalue weighted by atomic mass is 19.1. The molecule has 1 aliphatic rings. The van der Waals surface area contributed by atoms with Crippen molar-refractivity contribution in [3.05, 3.63) is 71.3 Å². The van der Waals surface area contributed by atoms with Crippen molar-refractivity contribution in [2.75, 3.05) is 18.6 Å². The fraction of sp³-hybridized carbons (Fsp3) is 0.280. The second-order valence-corrected chi connectivity index (χ2v) is 8.75. The number of halogens is 2. The van der Waals surface area contributed by atoms with Crippen molar-refractivity contribution >= 4 is 17.6 Å². The summed E-state index contributed by atoms with van der Waals surface area (Å²) in [6.07, 6.45) is 3.13. The second-order valence-electron chi connectivity index (χ2n) is 8.75. The number of hydrogen-bond donors (Lipinski definition) is 2. The minimum absolute atomic E-state index is 0.140. The molecule has 36 heavy (non-hydrogen) atoms. The molecule has 186 valence electrons. The van der Waals surface area contributed by atoms with E-state index in [1.54, 1.807) is 6.07 Å². The van der Waals surface area contributed by atoms with Gasteiger partial charge in [0, 0.05) is 30.9 Å². The number of aromatic nitrogens is 3. The number of ether oxygens (including phenoxy) is 1. The van der Waals surface area contributed by atoms with Gasteiger partial charge in [0.05, 0.1) is 11.9 Å². The number of carbonyl (C=O) groups is 2. The van der Waals surface area contributed by atoms with E-state index in [1.165, 1.54) is 56.4 Å². The second kappa shape index (κ2) is 9.75. The maximum Gasteiger partial charge on any atom is 0.342 e. The van der Waals surface area contributed by atoms with Gasteiger partial charge in [0.25, 0.3) is 5.91 Å². The number of rotatable bonds is 3. The minimum atomic E-state index is -1.28. The summed E-state index contributed by atoms with van der Waals surface area (Å²) in [5, 5.41) is 16.3. The van der Waals surface area contributed by atoms with Crippen LogP contribution < -0.4 is 15.0 Å². The zero-order valence-electron chi connectivity index (χ0n) is 19.7. The molecule has 2 amide bonds. The van der Waals surface area contributed by atoms with E-state index in [2.05, 4.69) is 27.2 Å². The number of benzene rings is 1. The number of amides is 2. The van der Waals surface area contributed by atoms with Crippen LogP contribution in [0.15, 0.2) is 42.7 Å². The van der Waals surface area contributed by atoms with Gasteiger partial charge in [-0.25, -0.2) is 14.2 Å². The van der Waals surface area contributed by atoms with Crippen LogP contribution >= 0.6 is 0 Å². The first-order valence-electron chi connectivity index (χ1n) is 11.0. The molecule has 2 aromatic heterocycles. The Balaban J connectivity index is 1.49. The molecule has 3 heterocycles. The molecular formula is C25H23F2N5O4. The summed E-state index contributed by atoms with van der Waals surface area (Å²) in [7, 11) is 1.43. The van der Waals surface area contributed by atoms with Gasteiger partial charge in [0.1, 0.15) is 18.2 Å². The number of anilines is 1. The van der Waals surface area contributed by atoms with Gasteiger partial charge in [0.2, 0.25) is 5.95 Å². The highest BCUT2D eigenvalue weighted by Gasteiger charge is 2.32. The van der Waals surface area contributed by atoms with Gasteiger partial charge in [-0.1, -0.05) is 17.9 Å². The Hall–Kier alpha value is -4.30. The largest absolute Gasteiger partial charge is 0.486 e. The molecule has 0 saturated carbocycles. The Morgan fingerprint density at radius 2 is 2.11 bits per heavy atom. The molecule has 1 aliphatic heterocycles. The summed E-state index contributed by atoms with van der Waals surface area (Å²) in [6, 6.07) is 5.21. The fourth-order valence-electron chi connectivity index (χ4n) is 3.50. The Bertz CT molecular complexity index is 1390. The topological polar surface area (TPSA) is 110 Å². The molecule has 0 bridgehead atoms. The van der Waals surface area contributed by atoms with Crippen LogP contribution in [0.25, 0.3) is 0 Å². The van der Waals surface area contributed by atoms with E-state index in [-0.39, 0.29) is 30.0 Å². The molecule has 0 aliphatic carbocycles. The van der Waals surface area contributed by atoms with Gasteiger partial charge in [-0.2, -0.15) is 14.2 Å². The molecule has 3 aromatic rings. The van der Waals surface area contributed by atoms with Gasteiger partial charge >= 0.3 is 6.03 Å². The van der Waals surface area contributed by atoms with Crippen LogP contribution in [-0.4, -0.2) is 57.1 Å². The lowest BCUT2D eigenvalue weighted by atomic mass is 10.1. The molecule has 0 spiro atoms. The molecule has 4 rings (SSSR count). The SMILES string of the molecule is CN1C(=O)[C@@H](NC(=O)n2cc(Cc3cccc(F)n3)cn2)COc2c(F)cc(C#CC(C)(C)O)cc21. The first kappa shape index (κ1) is 24.8. The third kappa shape index (κ3) is 5.67. The highest BCUT2D eigenvalue weighted by molar-refractivity contribution is 6.00. The summed E-state index contributed by atoms with van der Waals surface area (Å²) in [5.41, 5.74) is 0.182. The minimum Gasteiger partial charge on any atom is -0.486 e. The number of nitrogens with one attached hydrogen (secondary N) is 1. The average Bonchev–Trinajstić information content (AvgIpc) is 3.23. The predicted molar refractivity (Wildman–Crippen MR) is 125 cm³/mol. The zero-order chi connectivity index (χ0) is 26.0. The number of pyridine rings is 1. The van der Waals surface area contributed by atoms with Crippen molar-refractivity contribution in [2.24, 2.45) is 0 Å². The number of nitrogens with zero attached hydrogens (tertiary/aromatic N) is 4. The monoisotopic (exact) mass is 495 g/mol. The molecular weight excluding hydrogens is 472 g/mol. The van der Waals surface area contributed by atoms with Gasteiger partial charge in [-0.05, 0) is 43.7 Å². The quantitative estimate of drug-likeness (QED) is 0.426. The first-order chi connectivity index (χ1) is 17.0. The molecule has 2 N–H and O–H groups in total. The Morgan fingerprint density at radius 3 is 2.83 bits per heavy atom. The highest BCUT2D eigenvalue weighted by Crippen LogP contribution is 2.34. The van der Waals surface area contributed by atoms with Crippen LogP contribution in [0.2, 0.25) is 0 Å². The number of aliphatic hydroxyl groups is 1. The maximum absolute atomic E-state index is 14.8. The van der Waals surface area contributed by atoms with Gasteiger partial charge < -0.3 is 20.1 Å². The van der Waals surface area contributed by atoms with Crippen molar-refractivity contribution in [1.29, 1.82) is 0 Å². The summed E-state index contributed by atoms with van der Waals surface area (Å²) in [6.45, 7) is 2.68. The van der Waals surface area contributed by atoms with Crippen LogP contribution in [0.1, 0.15) is 30.7 Å². The van der Waals surface area contributed by atoms with E-state index in [0.29, 0.717) is 11.3 Å². The zero-order valence-corrected chi connectivity index (χ0v) is 19.7. The van der Waals surface area contributed by atoms with E-state index >= 15 is 0 Å². The normalized spacial score (nSPS) is 15.3. The smallest absolute Gasteiger partial charge is 0.342 e. The predicted octanol–water partition coefficient (Wildman–Crippen LogP) is 2.25. The van der Waals surface area contributed by atoms with Crippen molar-refractivity contribution in [3.8, 4) is 17.6 Å². The Kier molecular flexibility index (Phi) is 6.72. The molecule has 0 unspecified atom stereocenters. The van der Waals surface area contributed by atoms with E-state index in [9.17, 15) is 23.5 Å². The molecule has 0 radical (unpaired) electrons. The van der Waals surface area contributed by atoms with E-state index in [0.717, 1.165) is 10.7 Å². The van der Waals surface area contributed by atoms with E-state index in [4.69, 9.17) is 4.74 Å². The summed E-state index contributed by atoms with van der Waals surface area (Å²) >= 11 is 0. The molecule has 11 heteroatoms. The van der Waals surface area contributed by atoms with Crippen molar-refractivity contribution in [2.45, 2.75) is 31.9 Å². The first-order valence-corrected chi connectivity index (χ1v) is 11.0. The lowest BCUT2D eigenvalue weighted by Gasteiger charge is -2.20. The number of carbonyl (C=O) groups excluding carboxylic acids is 2. The maximum atomic E-state index is 14.8. The van der Waals surface area contributed by atoms with Crippen LogP contribution in [0.3, 0.4) is 0 Å². The molecule has 0 saturated heterocycles. The van der Waals surface area contributed by atoms with Crippen LogP contribution in [0.5, 0.6) is 5.75 Å². The molecule has 1 atom stereocenters. The molecule has 0 fully saturated rings. The van der Waals surface area contributed by atoms with Gasteiger partial charge in [-0.3, -0.25) is 4.79 Å². The lowest BCUT2D eigenvalue weighted by Crippen LogP contribution is -2.50. The van der Waals surface area contributed by atoms with Crippen LogP contribution in [0, 0.1) is 23.6 Å². The average molecular weight is 495 g/mol. The summed E-state index contributed by atoms with van der Waals surface area (Å²) in [5.74, 6) is 3.24. The van der Waals surface area contributed by atoms with Gasteiger partial charge in [0.15, 0.2) is 11.6 Å². The number of fused-ring (bicyclic) bond motifs is 1. The summed E-state index contributed by atoms with van der Waals surface area (Å²) < 4.78 is 34.6. The number of hydrogen-bond acceptors (Lipinski definition) is 6. The standard InChI is InChI=1S/C25H23F2N5O4/c1-25(2,35)8-7-15-10-18(26)22-20(11-15)31(3)23(33)19(14-36-22)30-24(34)32-13-16(12-28-32)9-17-5-4-6-21(27)29-17/h4-6,10-13,19,35H,9,14H2,1-3H3,(H,30,34)/t19-/m0/s1. The lowest BCUT2D eigenvalue weighted by molar-refractivity contribution is -0.120. The van der Waals surface area contributed by atoms with E-state index < -0.39 is 35.3 Å². The summed E-state index contributed by atoms with van der Waals surface area (Å²) in [4.78, 5) is 30.7. The van der Waals surface area contributed by atoms with E-state index in [1.807, 2.05) is 0 Å². The van der Waals surface area contributed by atoms with Crippen LogP contribution in [0.4, 0.5) is 19.3 Å². The molecule has 9 nitrogen and oxygen atoms in total.